The van der Waals surface area contributed by atoms with E-state index in [9.17, 15) is 4.79 Å². The average molecular weight is 329 g/mol. The van der Waals surface area contributed by atoms with Crippen molar-refractivity contribution in [3.8, 4) is 5.88 Å². The number of amides is 1. The van der Waals surface area contributed by atoms with E-state index in [1.807, 2.05) is 11.8 Å². The fourth-order valence-corrected chi connectivity index (χ4v) is 3.49. The number of carbonyl (C=O) groups excluding carboxylic acids is 1. The van der Waals surface area contributed by atoms with E-state index < -0.39 is 0 Å². The van der Waals surface area contributed by atoms with Gasteiger partial charge in [-0.1, -0.05) is 0 Å². The lowest BCUT2D eigenvalue weighted by molar-refractivity contribution is 0.0315. The van der Waals surface area contributed by atoms with Crippen LogP contribution in [-0.2, 0) is 4.74 Å². The molecule has 4 heterocycles. The zero-order valence-electron chi connectivity index (χ0n) is 13.6. The Morgan fingerprint density at radius 1 is 1.46 bits per heavy atom. The van der Waals surface area contributed by atoms with E-state index in [1.54, 1.807) is 18.3 Å². The molecule has 0 spiro atoms. The molecule has 4 rings (SSSR count). The number of ether oxygens (including phenoxy) is 2. The number of pyridine rings is 1. The van der Waals surface area contributed by atoms with Gasteiger partial charge in [-0.05, 0) is 25.5 Å². The van der Waals surface area contributed by atoms with E-state index in [-0.39, 0.29) is 18.1 Å². The second kappa shape index (κ2) is 5.86. The van der Waals surface area contributed by atoms with Gasteiger partial charge in [-0.25, -0.2) is 9.97 Å². The topological polar surface area (TPSA) is 93.2 Å². The van der Waals surface area contributed by atoms with Crippen molar-refractivity contribution in [2.24, 2.45) is 5.92 Å². The molecule has 0 saturated carbocycles. The molecule has 0 unspecified atom stereocenters. The third-order valence-corrected chi connectivity index (χ3v) is 4.62. The van der Waals surface area contributed by atoms with E-state index in [1.165, 1.54) is 7.11 Å². The van der Waals surface area contributed by atoms with Gasteiger partial charge < -0.3 is 14.4 Å². The summed E-state index contributed by atoms with van der Waals surface area (Å²) in [5, 5.41) is 7.03. The molecular formula is C16H19N5O3. The van der Waals surface area contributed by atoms with Crippen LogP contribution in [0.1, 0.15) is 34.5 Å². The summed E-state index contributed by atoms with van der Waals surface area (Å²) < 4.78 is 11.3. The molecule has 126 valence electrons. The zero-order chi connectivity index (χ0) is 16.7. The first-order valence-corrected chi connectivity index (χ1v) is 7.98. The molecule has 2 aromatic rings. The minimum Gasteiger partial charge on any atom is -0.480 e. The minimum absolute atomic E-state index is 0.0282. The van der Waals surface area contributed by atoms with Crippen LogP contribution in [0.15, 0.2) is 18.3 Å². The van der Waals surface area contributed by atoms with E-state index in [0.717, 1.165) is 12.2 Å². The third kappa shape index (κ3) is 2.52. The van der Waals surface area contributed by atoms with Gasteiger partial charge in [-0.15, -0.1) is 0 Å². The number of aromatic amines is 1. The van der Waals surface area contributed by atoms with E-state index >= 15 is 0 Å². The van der Waals surface area contributed by atoms with Gasteiger partial charge in [-0.2, -0.15) is 5.10 Å². The molecule has 2 fully saturated rings. The molecule has 2 aromatic heterocycles. The van der Waals surface area contributed by atoms with E-state index in [4.69, 9.17) is 9.47 Å². The Kier molecular flexibility index (Phi) is 3.68. The molecule has 1 N–H and O–H groups in total. The Morgan fingerprint density at radius 3 is 3.04 bits per heavy atom. The summed E-state index contributed by atoms with van der Waals surface area (Å²) in [6.45, 7) is 3.11. The number of fused-ring (bicyclic) bond motifs is 1. The summed E-state index contributed by atoms with van der Waals surface area (Å²) in [6.07, 6.45) is 2.38. The number of rotatable bonds is 3. The number of nitrogens with zero attached hydrogens (tertiary/aromatic N) is 4. The molecule has 24 heavy (non-hydrogen) atoms. The van der Waals surface area contributed by atoms with Crippen LogP contribution in [0, 0.1) is 12.8 Å². The number of aryl methyl sites for hydroxylation is 1. The smallest absolute Gasteiger partial charge is 0.259 e. The SMILES string of the molecule is COc1ncccc1C(=O)N1C[C@@H]2C[C@@H](c3n[nH]c(C)n3)O[C@@H]2C1. The summed E-state index contributed by atoms with van der Waals surface area (Å²) in [7, 11) is 1.52. The van der Waals surface area contributed by atoms with Crippen molar-refractivity contribution in [2.45, 2.75) is 25.6 Å². The number of carbonyl (C=O) groups is 1. The lowest BCUT2D eigenvalue weighted by Crippen LogP contribution is -2.31. The highest BCUT2D eigenvalue weighted by atomic mass is 16.5. The number of aromatic nitrogens is 4. The predicted octanol–water partition coefficient (Wildman–Crippen LogP) is 1.12. The maximum absolute atomic E-state index is 12.7. The van der Waals surface area contributed by atoms with Crippen LogP contribution in [-0.4, -0.2) is 57.3 Å². The first-order valence-electron chi connectivity index (χ1n) is 7.98. The lowest BCUT2D eigenvalue weighted by Gasteiger charge is -2.19. The Bertz CT molecular complexity index is 748. The van der Waals surface area contributed by atoms with Crippen molar-refractivity contribution < 1.29 is 14.3 Å². The van der Waals surface area contributed by atoms with Crippen molar-refractivity contribution in [3.63, 3.8) is 0 Å². The normalized spacial score (nSPS) is 25.8. The largest absolute Gasteiger partial charge is 0.480 e. The second-order valence-corrected chi connectivity index (χ2v) is 6.21. The quantitative estimate of drug-likeness (QED) is 0.907. The summed E-state index contributed by atoms with van der Waals surface area (Å²) >= 11 is 0. The monoisotopic (exact) mass is 329 g/mol. The van der Waals surface area contributed by atoms with Gasteiger partial charge in [0.25, 0.3) is 5.91 Å². The molecule has 0 bridgehead atoms. The number of nitrogens with one attached hydrogen (secondary N) is 1. The average Bonchev–Trinajstić information content (AvgIpc) is 3.28. The number of likely N-dealkylation sites (tertiary alicyclic amines) is 1. The molecular weight excluding hydrogens is 310 g/mol. The van der Waals surface area contributed by atoms with Crippen LogP contribution in [0.3, 0.4) is 0 Å². The Labute approximate surface area is 139 Å². The van der Waals surface area contributed by atoms with Gasteiger partial charge in [0.1, 0.15) is 17.5 Å². The molecule has 8 heteroatoms. The number of H-pyrrole nitrogens is 1. The van der Waals surface area contributed by atoms with Gasteiger partial charge >= 0.3 is 0 Å². The first-order chi connectivity index (χ1) is 11.7. The highest BCUT2D eigenvalue weighted by Crippen LogP contribution is 2.40. The Balaban J connectivity index is 1.44. The molecule has 3 atom stereocenters. The van der Waals surface area contributed by atoms with Gasteiger partial charge in [-0.3, -0.25) is 9.89 Å². The fourth-order valence-electron chi connectivity index (χ4n) is 3.49. The maximum Gasteiger partial charge on any atom is 0.259 e. The fraction of sp³-hybridized carbons (Fsp3) is 0.500. The summed E-state index contributed by atoms with van der Waals surface area (Å²) in [6, 6.07) is 3.48. The summed E-state index contributed by atoms with van der Waals surface area (Å²) in [4.78, 5) is 23.0. The summed E-state index contributed by atoms with van der Waals surface area (Å²) in [5.41, 5.74) is 0.487. The lowest BCUT2D eigenvalue weighted by atomic mass is 10.0. The van der Waals surface area contributed by atoms with Gasteiger partial charge in [0.2, 0.25) is 5.88 Å². The van der Waals surface area contributed by atoms with Gasteiger partial charge in [0, 0.05) is 25.2 Å². The van der Waals surface area contributed by atoms with E-state index in [2.05, 4.69) is 20.2 Å². The molecule has 2 aliphatic heterocycles. The van der Waals surface area contributed by atoms with Crippen molar-refractivity contribution in [1.82, 2.24) is 25.1 Å². The van der Waals surface area contributed by atoms with Crippen LogP contribution in [0.25, 0.3) is 0 Å². The predicted molar refractivity (Wildman–Crippen MR) is 83.5 cm³/mol. The molecule has 0 radical (unpaired) electrons. The molecule has 0 aromatic carbocycles. The number of hydrogen-bond acceptors (Lipinski definition) is 6. The molecule has 2 aliphatic rings. The van der Waals surface area contributed by atoms with Crippen LogP contribution < -0.4 is 4.74 Å². The molecule has 2 saturated heterocycles. The van der Waals surface area contributed by atoms with Crippen molar-refractivity contribution >= 4 is 5.91 Å². The molecule has 0 aliphatic carbocycles. The first kappa shape index (κ1) is 15.1. The minimum atomic E-state index is -0.0878. The van der Waals surface area contributed by atoms with Crippen molar-refractivity contribution in [1.29, 1.82) is 0 Å². The highest BCUT2D eigenvalue weighted by Gasteiger charge is 2.45. The molecule has 8 nitrogen and oxygen atoms in total. The zero-order valence-corrected chi connectivity index (χ0v) is 13.6. The van der Waals surface area contributed by atoms with Crippen molar-refractivity contribution in [2.75, 3.05) is 20.2 Å². The van der Waals surface area contributed by atoms with Crippen LogP contribution in [0.4, 0.5) is 0 Å². The van der Waals surface area contributed by atoms with Crippen LogP contribution >= 0.6 is 0 Å². The van der Waals surface area contributed by atoms with Crippen LogP contribution in [0.5, 0.6) is 5.88 Å². The summed E-state index contributed by atoms with van der Waals surface area (Å²) in [5.74, 6) is 2.08. The third-order valence-electron chi connectivity index (χ3n) is 4.62. The highest BCUT2D eigenvalue weighted by molar-refractivity contribution is 5.96. The number of hydrogen-bond donors (Lipinski definition) is 1. The Morgan fingerprint density at radius 2 is 2.33 bits per heavy atom. The van der Waals surface area contributed by atoms with E-state index in [0.29, 0.717) is 36.3 Å². The van der Waals surface area contributed by atoms with Gasteiger partial charge in [0.05, 0.1) is 13.2 Å². The van der Waals surface area contributed by atoms with Gasteiger partial charge in [0.15, 0.2) is 5.82 Å². The standard InChI is InChI=1S/C16H19N5O3/c1-9-18-14(20-19-9)12-6-10-7-21(8-13(10)24-12)16(22)11-4-3-5-17-15(11)23-2/h3-5,10,12-13H,6-8H2,1-2H3,(H,18,19,20)/t10-,12-,13+/m0/s1. The number of methoxy groups -OCH3 is 1. The molecule has 1 amide bonds. The maximum atomic E-state index is 12.7. The van der Waals surface area contributed by atoms with Crippen molar-refractivity contribution in [3.05, 3.63) is 35.5 Å². The van der Waals surface area contributed by atoms with Crippen LogP contribution in [0.2, 0.25) is 0 Å². The Hall–Kier alpha value is -2.48. The second-order valence-electron chi connectivity index (χ2n) is 6.21.